The van der Waals surface area contributed by atoms with Crippen LogP contribution in [0.5, 0.6) is 0 Å². The van der Waals surface area contributed by atoms with Gasteiger partial charge in [0.05, 0.1) is 4.90 Å². The van der Waals surface area contributed by atoms with E-state index in [1.807, 2.05) is 36.4 Å². The number of tetrazole rings is 1. The van der Waals surface area contributed by atoms with E-state index in [0.717, 1.165) is 45.9 Å². The van der Waals surface area contributed by atoms with Crippen LogP contribution in [0.2, 0.25) is 0 Å². The van der Waals surface area contributed by atoms with E-state index in [9.17, 15) is 18.3 Å². The molecular weight excluding hydrogens is 528 g/mol. The Kier molecular flexibility index (Phi) is 8.34. The van der Waals surface area contributed by atoms with Crippen LogP contribution in [-0.2, 0) is 21.4 Å². The minimum Gasteiger partial charge on any atom is -0.480 e. The lowest BCUT2D eigenvalue weighted by Crippen LogP contribution is -2.41. The third kappa shape index (κ3) is 5.81. The highest BCUT2D eigenvalue weighted by molar-refractivity contribution is 7.89. The van der Waals surface area contributed by atoms with Gasteiger partial charge in [0, 0.05) is 24.7 Å². The Labute approximate surface area is 233 Å². The Morgan fingerprint density at radius 1 is 1.02 bits per heavy atom. The number of aliphatic carboxylic acids is 1. The number of H-pyrrole nitrogens is 1. The largest absolute Gasteiger partial charge is 0.480 e. The van der Waals surface area contributed by atoms with Gasteiger partial charge in [-0.15, -0.1) is 10.2 Å². The Morgan fingerprint density at radius 3 is 2.38 bits per heavy atom. The Bertz CT molecular complexity index is 1530. The van der Waals surface area contributed by atoms with Crippen molar-refractivity contribution in [1.82, 2.24) is 29.8 Å². The number of aromatic nitrogens is 4. The molecule has 1 fully saturated rings. The Morgan fingerprint density at radius 2 is 1.73 bits per heavy atom. The summed E-state index contributed by atoms with van der Waals surface area (Å²) in [6.07, 6.45) is 2.14. The molecule has 11 heteroatoms. The highest BCUT2D eigenvalue weighted by Gasteiger charge is 2.45. The van der Waals surface area contributed by atoms with E-state index < -0.39 is 22.0 Å². The zero-order valence-electron chi connectivity index (χ0n) is 22.2. The lowest BCUT2D eigenvalue weighted by atomic mass is 9.98. The second kappa shape index (κ2) is 12.1. The molecule has 40 heavy (non-hydrogen) atoms. The molecule has 0 spiro atoms. The smallest absolute Gasteiger partial charge is 0.322 e. The summed E-state index contributed by atoms with van der Waals surface area (Å²) in [6, 6.07) is 22.8. The summed E-state index contributed by atoms with van der Waals surface area (Å²) in [5.41, 5.74) is 3.93. The van der Waals surface area contributed by atoms with E-state index in [0.29, 0.717) is 12.4 Å². The molecule has 0 amide bonds. The fourth-order valence-corrected chi connectivity index (χ4v) is 6.90. The molecule has 2 atom stereocenters. The molecule has 0 saturated carbocycles. The van der Waals surface area contributed by atoms with Crippen molar-refractivity contribution in [2.75, 3.05) is 13.1 Å². The van der Waals surface area contributed by atoms with Gasteiger partial charge in [-0.2, -0.15) is 9.52 Å². The number of nitrogens with one attached hydrogen (secondary N) is 1. The van der Waals surface area contributed by atoms with Crippen LogP contribution in [0.3, 0.4) is 0 Å². The number of unbranched alkanes of at least 4 members (excludes halogenated alkanes) is 1. The van der Waals surface area contributed by atoms with Crippen LogP contribution in [0.4, 0.5) is 0 Å². The molecular formula is C29H32N6O4S. The molecule has 0 aliphatic carbocycles. The Balaban J connectivity index is 1.37. The van der Waals surface area contributed by atoms with Gasteiger partial charge >= 0.3 is 5.97 Å². The zero-order chi connectivity index (χ0) is 28.1. The molecule has 10 nitrogen and oxygen atoms in total. The summed E-state index contributed by atoms with van der Waals surface area (Å²) in [5.74, 6) is -0.600. The first-order valence-electron chi connectivity index (χ1n) is 13.3. The Hall–Kier alpha value is -3.93. The minimum atomic E-state index is -3.94. The summed E-state index contributed by atoms with van der Waals surface area (Å²) >= 11 is 0. The summed E-state index contributed by atoms with van der Waals surface area (Å²) in [5, 5.41) is 24.4. The van der Waals surface area contributed by atoms with Crippen LogP contribution in [0.15, 0.2) is 83.8 Å². The first-order chi connectivity index (χ1) is 19.4. The van der Waals surface area contributed by atoms with Gasteiger partial charge in [0.25, 0.3) is 0 Å². The first kappa shape index (κ1) is 27.6. The second-order valence-electron chi connectivity index (χ2n) is 9.93. The first-order valence-corrected chi connectivity index (χ1v) is 14.8. The van der Waals surface area contributed by atoms with E-state index in [-0.39, 0.29) is 23.9 Å². The molecule has 0 bridgehead atoms. The summed E-state index contributed by atoms with van der Waals surface area (Å²) in [6.45, 7) is 3.57. The lowest BCUT2D eigenvalue weighted by molar-refractivity contribution is -0.140. The molecule has 1 saturated heterocycles. The van der Waals surface area contributed by atoms with Crippen LogP contribution >= 0.6 is 0 Å². The van der Waals surface area contributed by atoms with Crippen LogP contribution in [0.25, 0.3) is 22.5 Å². The summed E-state index contributed by atoms with van der Waals surface area (Å²) in [4.78, 5) is 14.5. The van der Waals surface area contributed by atoms with Crippen LogP contribution in [-0.4, -0.2) is 74.5 Å². The number of carboxylic acids is 1. The molecule has 2 unspecified atom stereocenters. The number of rotatable bonds is 11. The van der Waals surface area contributed by atoms with E-state index >= 15 is 0 Å². The highest BCUT2D eigenvalue weighted by Crippen LogP contribution is 2.32. The standard InChI is InChI=1S/C29H32N6O4S/c1-2-3-17-34(23-18-27(29(36)37)35(20-23)40(38,39)24-9-5-4-6-10-24)19-21-13-15-22(16-14-21)25-11-7-8-12-26(25)28-30-32-33-31-28/h4-16,23,27H,2-3,17-20H2,1H3,(H,36,37)(H,30,31,32,33). The monoisotopic (exact) mass is 560 g/mol. The topological polar surface area (TPSA) is 132 Å². The van der Waals surface area contributed by atoms with Crippen molar-refractivity contribution < 1.29 is 18.3 Å². The zero-order valence-corrected chi connectivity index (χ0v) is 23.0. The summed E-state index contributed by atoms with van der Waals surface area (Å²) < 4.78 is 28.0. The molecule has 2 heterocycles. The number of hydrogen-bond acceptors (Lipinski definition) is 7. The van der Waals surface area contributed by atoms with Gasteiger partial charge in [-0.05, 0) is 53.4 Å². The van der Waals surface area contributed by atoms with Crippen molar-refractivity contribution in [2.24, 2.45) is 0 Å². The number of sulfonamides is 1. The number of nitrogens with zero attached hydrogens (tertiary/aromatic N) is 5. The van der Waals surface area contributed by atoms with E-state index in [4.69, 9.17) is 0 Å². The average Bonchev–Trinajstić information content (AvgIpc) is 3.68. The van der Waals surface area contributed by atoms with Gasteiger partial charge in [0.1, 0.15) is 6.04 Å². The van der Waals surface area contributed by atoms with E-state index in [1.165, 1.54) is 12.1 Å². The third-order valence-electron chi connectivity index (χ3n) is 7.35. The molecule has 4 aromatic rings. The van der Waals surface area contributed by atoms with Crippen molar-refractivity contribution in [2.45, 2.75) is 49.7 Å². The maximum absolute atomic E-state index is 13.4. The highest BCUT2D eigenvalue weighted by atomic mass is 32.2. The molecule has 2 N–H and O–H groups in total. The van der Waals surface area contributed by atoms with Crippen LogP contribution < -0.4 is 0 Å². The van der Waals surface area contributed by atoms with Crippen LogP contribution in [0, 0.1) is 0 Å². The second-order valence-corrected chi connectivity index (χ2v) is 11.8. The van der Waals surface area contributed by atoms with Gasteiger partial charge in [-0.1, -0.05) is 80.1 Å². The SMILES string of the molecule is CCCCN(Cc1ccc(-c2ccccc2-c2nn[nH]n2)cc1)C1CC(C(=O)O)N(S(=O)(=O)c2ccccc2)C1. The fourth-order valence-electron chi connectivity index (χ4n) is 5.25. The third-order valence-corrected chi connectivity index (χ3v) is 9.24. The molecule has 1 aliphatic rings. The lowest BCUT2D eigenvalue weighted by Gasteiger charge is -2.29. The van der Waals surface area contributed by atoms with Gasteiger partial charge < -0.3 is 5.11 Å². The van der Waals surface area contributed by atoms with E-state index in [2.05, 4.69) is 44.6 Å². The maximum atomic E-state index is 13.4. The number of aromatic amines is 1. The van der Waals surface area contributed by atoms with Crippen molar-refractivity contribution in [1.29, 1.82) is 0 Å². The molecule has 0 radical (unpaired) electrons. The van der Waals surface area contributed by atoms with Gasteiger partial charge in [-0.3, -0.25) is 9.69 Å². The summed E-state index contributed by atoms with van der Waals surface area (Å²) in [7, 11) is -3.94. The molecule has 208 valence electrons. The average molecular weight is 561 g/mol. The van der Waals surface area contributed by atoms with Gasteiger partial charge in [0.15, 0.2) is 0 Å². The number of carbonyl (C=O) groups is 1. The van der Waals surface area contributed by atoms with Crippen molar-refractivity contribution in [3.05, 3.63) is 84.4 Å². The normalized spacial score (nSPS) is 17.9. The number of benzene rings is 3. The predicted octanol–water partition coefficient (Wildman–Crippen LogP) is 4.05. The fraction of sp³-hybridized carbons (Fsp3) is 0.310. The van der Waals surface area contributed by atoms with Gasteiger partial charge in [0.2, 0.25) is 15.8 Å². The predicted molar refractivity (Wildman–Crippen MR) is 151 cm³/mol. The molecule has 3 aromatic carbocycles. The van der Waals surface area contributed by atoms with Gasteiger partial charge in [-0.25, -0.2) is 8.42 Å². The number of hydrogen-bond donors (Lipinski definition) is 2. The van der Waals surface area contributed by atoms with Crippen molar-refractivity contribution in [3.8, 4) is 22.5 Å². The van der Waals surface area contributed by atoms with Crippen molar-refractivity contribution in [3.63, 3.8) is 0 Å². The molecule has 1 aromatic heterocycles. The van der Waals surface area contributed by atoms with Crippen LogP contribution in [0.1, 0.15) is 31.7 Å². The quantitative estimate of drug-likeness (QED) is 0.281. The van der Waals surface area contributed by atoms with E-state index in [1.54, 1.807) is 18.2 Å². The van der Waals surface area contributed by atoms with Crippen molar-refractivity contribution >= 4 is 16.0 Å². The minimum absolute atomic E-state index is 0.110. The molecule has 1 aliphatic heterocycles. The maximum Gasteiger partial charge on any atom is 0.322 e. The number of carboxylic acid groups (broad SMARTS) is 1. The molecule has 5 rings (SSSR count).